The van der Waals surface area contributed by atoms with E-state index in [1.807, 2.05) is 6.92 Å². The van der Waals surface area contributed by atoms with Gasteiger partial charge in [0.15, 0.2) is 5.16 Å². The lowest BCUT2D eigenvalue weighted by Crippen LogP contribution is -1.93. The summed E-state index contributed by atoms with van der Waals surface area (Å²) in [5.41, 5.74) is 7.00. The Morgan fingerprint density at radius 2 is 2.18 bits per heavy atom. The summed E-state index contributed by atoms with van der Waals surface area (Å²) >= 11 is 6.82. The number of rotatable bonds is 2. The molecule has 0 saturated heterocycles. The average Bonchev–Trinajstić information content (AvgIpc) is 2.26. The molecule has 0 bridgehead atoms. The van der Waals surface area contributed by atoms with Gasteiger partial charge in [-0.25, -0.2) is 14.4 Å². The van der Waals surface area contributed by atoms with Crippen molar-refractivity contribution in [2.45, 2.75) is 17.0 Å². The van der Waals surface area contributed by atoms with Crippen molar-refractivity contribution in [1.82, 2.24) is 9.97 Å². The summed E-state index contributed by atoms with van der Waals surface area (Å²) in [4.78, 5) is 8.82. The molecule has 2 rings (SSSR count). The third-order valence-electron chi connectivity index (χ3n) is 2.03. The molecule has 3 nitrogen and oxygen atoms in total. The molecule has 2 N–H and O–H groups in total. The molecule has 0 aliphatic heterocycles. The predicted octanol–water partition coefficient (Wildman–Crippen LogP) is 3.31. The van der Waals surface area contributed by atoms with E-state index in [1.54, 1.807) is 12.3 Å². The van der Waals surface area contributed by atoms with E-state index < -0.39 is 5.82 Å². The Labute approximate surface area is 107 Å². The van der Waals surface area contributed by atoms with Gasteiger partial charge in [-0.05, 0) is 36.9 Å². The van der Waals surface area contributed by atoms with Crippen LogP contribution < -0.4 is 5.73 Å². The summed E-state index contributed by atoms with van der Waals surface area (Å²) in [5.74, 6) is -0.504. The number of nitrogen functional groups attached to an aromatic ring is 1. The van der Waals surface area contributed by atoms with Crippen molar-refractivity contribution in [2.75, 3.05) is 5.73 Å². The van der Waals surface area contributed by atoms with Crippen molar-refractivity contribution in [2.24, 2.45) is 0 Å². The van der Waals surface area contributed by atoms with Gasteiger partial charge < -0.3 is 5.73 Å². The molecule has 1 heterocycles. The SMILES string of the molecule is Cc1ccnc(Sc2cc(F)c(Cl)cc2N)n1. The first kappa shape index (κ1) is 12.1. The molecule has 0 fully saturated rings. The van der Waals surface area contributed by atoms with E-state index >= 15 is 0 Å². The summed E-state index contributed by atoms with van der Waals surface area (Å²) < 4.78 is 13.3. The highest BCUT2D eigenvalue weighted by atomic mass is 35.5. The number of anilines is 1. The largest absolute Gasteiger partial charge is 0.398 e. The Morgan fingerprint density at radius 1 is 1.41 bits per heavy atom. The molecular formula is C11H9ClFN3S. The Morgan fingerprint density at radius 3 is 2.88 bits per heavy atom. The molecule has 17 heavy (non-hydrogen) atoms. The number of aryl methyl sites for hydroxylation is 1. The number of benzene rings is 1. The van der Waals surface area contributed by atoms with Gasteiger partial charge in [-0.15, -0.1) is 0 Å². The number of nitrogens with two attached hydrogens (primary N) is 1. The van der Waals surface area contributed by atoms with E-state index in [0.29, 0.717) is 15.7 Å². The topological polar surface area (TPSA) is 51.8 Å². The van der Waals surface area contributed by atoms with Crippen LogP contribution in [0.3, 0.4) is 0 Å². The van der Waals surface area contributed by atoms with Crippen molar-refractivity contribution in [1.29, 1.82) is 0 Å². The second kappa shape index (κ2) is 4.89. The number of hydrogen-bond donors (Lipinski definition) is 1. The van der Waals surface area contributed by atoms with Crippen LogP contribution in [0.25, 0.3) is 0 Å². The van der Waals surface area contributed by atoms with E-state index in [2.05, 4.69) is 9.97 Å². The van der Waals surface area contributed by atoms with Crippen LogP contribution in [0.5, 0.6) is 0 Å². The molecule has 0 unspecified atom stereocenters. The third kappa shape index (κ3) is 2.87. The van der Waals surface area contributed by atoms with E-state index in [0.717, 1.165) is 5.69 Å². The monoisotopic (exact) mass is 269 g/mol. The average molecular weight is 270 g/mol. The Kier molecular flexibility index (Phi) is 3.49. The maximum absolute atomic E-state index is 13.3. The van der Waals surface area contributed by atoms with Crippen molar-refractivity contribution in [3.8, 4) is 0 Å². The van der Waals surface area contributed by atoms with Gasteiger partial charge in [-0.1, -0.05) is 11.6 Å². The Balaban J connectivity index is 2.33. The fraction of sp³-hybridized carbons (Fsp3) is 0.0909. The minimum absolute atomic E-state index is 0.0111. The zero-order valence-electron chi connectivity index (χ0n) is 8.95. The molecule has 6 heteroatoms. The third-order valence-corrected chi connectivity index (χ3v) is 3.27. The van der Waals surface area contributed by atoms with Gasteiger partial charge in [-0.2, -0.15) is 0 Å². The van der Waals surface area contributed by atoms with Crippen molar-refractivity contribution in [3.05, 3.63) is 40.9 Å². The number of hydrogen-bond acceptors (Lipinski definition) is 4. The minimum atomic E-state index is -0.504. The molecule has 0 amide bonds. The molecule has 88 valence electrons. The van der Waals surface area contributed by atoms with Gasteiger partial charge in [0.1, 0.15) is 5.82 Å². The summed E-state index contributed by atoms with van der Waals surface area (Å²) in [6.07, 6.45) is 1.65. The lowest BCUT2D eigenvalue weighted by Gasteiger charge is -2.05. The fourth-order valence-electron chi connectivity index (χ4n) is 1.21. The first-order chi connectivity index (χ1) is 8.06. The van der Waals surface area contributed by atoms with Crippen LogP contribution in [0.2, 0.25) is 5.02 Å². The normalized spacial score (nSPS) is 10.5. The van der Waals surface area contributed by atoms with Gasteiger partial charge in [0.25, 0.3) is 0 Å². The molecule has 0 saturated carbocycles. The van der Waals surface area contributed by atoms with Crippen molar-refractivity contribution >= 4 is 29.1 Å². The lowest BCUT2D eigenvalue weighted by molar-refractivity contribution is 0.625. The number of nitrogens with zero attached hydrogens (tertiary/aromatic N) is 2. The smallest absolute Gasteiger partial charge is 0.192 e. The second-order valence-corrected chi connectivity index (χ2v) is 4.80. The van der Waals surface area contributed by atoms with Gasteiger partial charge >= 0.3 is 0 Å². The lowest BCUT2D eigenvalue weighted by atomic mass is 10.3. The zero-order chi connectivity index (χ0) is 12.4. The fourth-order valence-corrected chi connectivity index (χ4v) is 2.22. The van der Waals surface area contributed by atoms with E-state index in [9.17, 15) is 4.39 Å². The first-order valence-electron chi connectivity index (χ1n) is 4.78. The molecule has 0 radical (unpaired) electrons. The van der Waals surface area contributed by atoms with Crippen molar-refractivity contribution < 1.29 is 4.39 Å². The van der Waals surface area contributed by atoms with Crippen LogP contribution >= 0.6 is 23.4 Å². The van der Waals surface area contributed by atoms with Gasteiger partial charge in [0.2, 0.25) is 0 Å². The minimum Gasteiger partial charge on any atom is -0.398 e. The highest BCUT2D eigenvalue weighted by molar-refractivity contribution is 7.99. The molecule has 2 aromatic rings. The first-order valence-corrected chi connectivity index (χ1v) is 5.98. The van der Waals surface area contributed by atoms with Crippen LogP contribution in [0.4, 0.5) is 10.1 Å². The standard InChI is InChI=1S/C11H9ClFN3S/c1-6-2-3-15-11(16-6)17-10-5-8(13)7(12)4-9(10)14/h2-5H,14H2,1H3. The molecule has 0 spiro atoms. The quantitative estimate of drug-likeness (QED) is 0.671. The maximum atomic E-state index is 13.3. The molecule has 1 aromatic heterocycles. The summed E-state index contributed by atoms with van der Waals surface area (Å²) in [5, 5.41) is 0.537. The molecule has 1 aromatic carbocycles. The second-order valence-electron chi connectivity index (χ2n) is 3.39. The molecular weight excluding hydrogens is 261 g/mol. The predicted molar refractivity (Wildman–Crippen MR) is 66.7 cm³/mol. The van der Waals surface area contributed by atoms with Crippen molar-refractivity contribution in [3.63, 3.8) is 0 Å². The Bertz CT molecular complexity index is 562. The maximum Gasteiger partial charge on any atom is 0.192 e. The number of aromatic nitrogens is 2. The van der Waals surface area contributed by atoms with E-state index in [1.165, 1.54) is 23.9 Å². The van der Waals surface area contributed by atoms with Gasteiger partial charge in [0.05, 0.1) is 5.02 Å². The zero-order valence-corrected chi connectivity index (χ0v) is 10.5. The molecule has 0 atom stereocenters. The molecule has 0 aliphatic carbocycles. The number of halogens is 2. The van der Waals surface area contributed by atoms with Crippen LogP contribution in [-0.4, -0.2) is 9.97 Å². The highest BCUT2D eigenvalue weighted by Crippen LogP contribution is 2.33. The Hall–Kier alpha value is -1.33. The van der Waals surface area contributed by atoms with Gasteiger partial charge in [0, 0.05) is 22.5 Å². The van der Waals surface area contributed by atoms with Crippen LogP contribution in [0.1, 0.15) is 5.69 Å². The van der Waals surface area contributed by atoms with Crippen LogP contribution in [-0.2, 0) is 0 Å². The van der Waals surface area contributed by atoms with Gasteiger partial charge in [-0.3, -0.25) is 0 Å². The highest BCUT2D eigenvalue weighted by Gasteiger charge is 2.09. The molecule has 0 aliphatic rings. The summed E-state index contributed by atoms with van der Waals surface area (Å²) in [6.45, 7) is 1.86. The summed E-state index contributed by atoms with van der Waals surface area (Å²) in [6, 6.07) is 4.46. The van der Waals surface area contributed by atoms with Crippen LogP contribution in [0, 0.1) is 12.7 Å². The van der Waals surface area contributed by atoms with Crippen LogP contribution in [0.15, 0.2) is 34.4 Å². The van der Waals surface area contributed by atoms with E-state index in [4.69, 9.17) is 17.3 Å². The van der Waals surface area contributed by atoms with E-state index in [-0.39, 0.29) is 5.02 Å². The summed E-state index contributed by atoms with van der Waals surface area (Å²) in [7, 11) is 0.